The highest BCUT2D eigenvalue weighted by Crippen LogP contribution is 2.17. The molecule has 0 bridgehead atoms. The second-order valence-electron chi connectivity index (χ2n) is 7.63. The maximum absolute atomic E-state index is 12.0. The molecule has 0 heterocycles. The van der Waals surface area contributed by atoms with Crippen LogP contribution in [-0.4, -0.2) is 49.4 Å². The third kappa shape index (κ3) is 7.85. The van der Waals surface area contributed by atoms with E-state index in [1.54, 1.807) is 24.3 Å². The van der Waals surface area contributed by atoms with Gasteiger partial charge in [0.2, 0.25) is 0 Å². The first-order valence-electron chi connectivity index (χ1n) is 8.86. The number of hydrogen-bond acceptors (Lipinski definition) is 5. The Balaban J connectivity index is 0.000000960. The van der Waals surface area contributed by atoms with Crippen LogP contribution in [0.1, 0.15) is 59.5 Å². The lowest BCUT2D eigenvalue weighted by Gasteiger charge is -2.16. The molecule has 2 aromatic carbocycles. The minimum absolute atomic E-state index is 0.312. The smallest absolute Gasteiger partial charge is 0.450 e. The highest BCUT2D eigenvalue weighted by molar-refractivity contribution is 6.02. The summed E-state index contributed by atoms with van der Waals surface area (Å²) in [5.74, 6) is -0.623. The van der Waals surface area contributed by atoms with Crippen molar-refractivity contribution in [2.45, 2.75) is 45.3 Å². The first-order chi connectivity index (χ1) is 13.2. The molecule has 156 valence electrons. The zero-order valence-electron chi connectivity index (χ0n) is 16.8. The molecule has 7 nitrogen and oxygen atoms in total. The maximum atomic E-state index is 12.0. The maximum Gasteiger partial charge on any atom is 0.503 e. The van der Waals surface area contributed by atoms with E-state index >= 15 is 0 Å². The summed E-state index contributed by atoms with van der Waals surface area (Å²) in [5.41, 5.74) is 0.224. The molecule has 2 rings (SSSR count). The number of carboxylic acid groups (broad SMARTS) is 2. The topological polar surface area (TPSA) is 132 Å². The van der Waals surface area contributed by atoms with E-state index in [1.165, 1.54) is 27.7 Å². The van der Waals surface area contributed by atoms with Gasteiger partial charge in [-0.15, -0.1) is 0 Å². The lowest BCUT2D eigenvalue weighted by Crippen LogP contribution is -2.31. The molecule has 0 aliphatic heterocycles. The molecule has 4 N–H and O–H groups in total. The summed E-state index contributed by atoms with van der Waals surface area (Å²) in [4.78, 5) is 32.6. The Bertz CT molecular complexity index is 781. The first-order valence-corrected chi connectivity index (χ1v) is 8.86. The molecular weight excluding hydrogens is 376 g/mol. The predicted octanol–water partition coefficient (Wildman–Crippen LogP) is 3.41. The van der Waals surface area contributed by atoms with Gasteiger partial charge in [0.05, 0.1) is 0 Å². The summed E-state index contributed by atoms with van der Waals surface area (Å²) in [6.07, 6.45) is -1.17. The molecule has 0 radical (unpaired) electrons. The number of benzene rings is 2. The van der Waals surface area contributed by atoms with Crippen molar-refractivity contribution in [2.24, 2.45) is 0 Å². The zero-order chi connectivity index (χ0) is 22.4. The fourth-order valence-electron chi connectivity index (χ4n) is 2.49. The molecule has 0 aromatic heterocycles. The van der Waals surface area contributed by atoms with Crippen molar-refractivity contribution in [3.8, 4) is 0 Å². The van der Waals surface area contributed by atoms with Crippen molar-refractivity contribution < 1.29 is 34.8 Å². The largest absolute Gasteiger partial charge is 0.503 e. The van der Waals surface area contributed by atoms with Gasteiger partial charge >= 0.3 is 6.16 Å². The van der Waals surface area contributed by atoms with E-state index in [-0.39, 0.29) is 11.6 Å². The molecule has 0 aliphatic rings. The van der Waals surface area contributed by atoms with E-state index in [9.17, 15) is 19.8 Å². The van der Waals surface area contributed by atoms with Crippen LogP contribution in [0.2, 0.25) is 0 Å². The van der Waals surface area contributed by atoms with Crippen LogP contribution in [0.25, 0.3) is 0 Å². The molecular formula is C22H26O7. The summed E-state index contributed by atoms with van der Waals surface area (Å²) < 4.78 is 0. The highest BCUT2D eigenvalue weighted by atomic mass is 16.6. The van der Waals surface area contributed by atoms with Crippen molar-refractivity contribution in [3.05, 3.63) is 70.8 Å². The predicted molar refractivity (Wildman–Crippen MR) is 108 cm³/mol. The average molecular weight is 402 g/mol. The molecule has 0 unspecified atom stereocenters. The number of rotatable bonds is 6. The molecule has 0 saturated heterocycles. The Morgan fingerprint density at radius 2 is 0.897 bits per heavy atom. The summed E-state index contributed by atoms with van der Waals surface area (Å²) in [5, 5.41) is 33.5. The molecule has 29 heavy (non-hydrogen) atoms. The van der Waals surface area contributed by atoms with Gasteiger partial charge in [-0.2, -0.15) is 0 Å². The summed E-state index contributed by atoms with van der Waals surface area (Å²) >= 11 is 0. The summed E-state index contributed by atoms with van der Waals surface area (Å²) in [6.45, 7) is 5.89. The molecule has 0 atom stereocenters. The van der Waals surface area contributed by atoms with Crippen molar-refractivity contribution >= 4 is 17.7 Å². The first kappa shape index (κ1) is 24.0. The second kappa shape index (κ2) is 9.45. The van der Waals surface area contributed by atoms with Crippen LogP contribution in [-0.2, 0) is 6.42 Å². The van der Waals surface area contributed by atoms with Gasteiger partial charge in [-0.25, -0.2) is 4.79 Å². The van der Waals surface area contributed by atoms with Gasteiger partial charge in [-0.05, 0) is 45.2 Å². The number of ketones is 2. The van der Waals surface area contributed by atoms with Gasteiger partial charge in [-0.1, -0.05) is 48.5 Å². The third-order valence-corrected chi connectivity index (χ3v) is 3.95. The minimum Gasteiger partial charge on any atom is -0.450 e. The van der Waals surface area contributed by atoms with Crippen molar-refractivity contribution in [2.75, 3.05) is 0 Å². The van der Waals surface area contributed by atoms with Crippen LogP contribution in [0, 0.1) is 0 Å². The number of hydrogen-bond donors (Lipinski definition) is 4. The Morgan fingerprint density at radius 3 is 1.10 bits per heavy atom. The molecule has 0 amide bonds. The van der Waals surface area contributed by atoms with Crippen LogP contribution in [0.3, 0.4) is 0 Å². The lowest BCUT2D eigenvalue weighted by atomic mass is 9.94. The van der Waals surface area contributed by atoms with Gasteiger partial charge in [0, 0.05) is 11.1 Å². The number of carbonyl (C=O) groups excluding carboxylic acids is 2. The van der Waals surface area contributed by atoms with Crippen LogP contribution >= 0.6 is 0 Å². The second-order valence-corrected chi connectivity index (χ2v) is 7.63. The normalized spacial score (nSPS) is 11.2. The van der Waals surface area contributed by atoms with Crippen LogP contribution < -0.4 is 0 Å². The standard InChI is InChI=1S/C21H24O4.CH2O3/c1-20(2,24)18(22)16-9-5-14(6-10-16)13-15-7-11-17(12-8-15)19(23)21(3,4)25;2-1(3)4/h5-12,24-25H,13H2,1-4H3;(H2,2,3,4). The molecule has 0 fully saturated rings. The van der Waals surface area contributed by atoms with E-state index in [1.807, 2.05) is 24.3 Å². The monoisotopic (exact) mass is 402 g/mol. The molecule has 7 heteroatoms. The SMILES string of the molecule is CC(C)(O)C(=O)c1ccc(Cc2ccc(C(=O)C(C)(C)O)cc2)cc1.O=C(O)O. The Morgan fingerprint density at radius 1 is 0.655 bits per heavy atom. The van der Waals surface area contributed by atoms with Crippen molar-refractivity contribution in [3.63, 3.8) is 0 Å². The fraction of sp³-hybridized carbons (Fsp3) is 0.318. The van der Waals surface area contributed by atoms with E-state index in [0.717, 1.165) is 11.1 Å². The molecule has 0 aliphatic carbocycles. The minimum atomic E-state index is -1.83. The highest BCUT2D eigenvalue weighted by Gasteiger charge is 2.25. The van der Waals surface area contributed by atoms with E-state index < -0.39 is 17.4 Å². The molecule has 0 saturated carbocycles. The lowest BCUT2D eigenvalue weighted by molar-refractivity contribution is 0.0487. The number of Topliss-reactive ketones (excluding diaryl/α,β-unsaturated/α-hetero) is 2. The number of aliphatic hydroxyl groups is 2. The van der Waals surface area contributed by atoms with E-state index in [0.29, 0.717) is 17.5 Å². The molecule has 0 spiro atoms. The zero-order valence-corrected chi connectivity index (χ0v) is 16.8. The fourth-order valence-corrected chi connectivity index (χ4v) is 2.49. The Hall–Kier alpha value is -3.03. The van der Waals surface area contributed by atoms with Gasteiger partial charge in [0.1, 0.15) is 11.2 Å². The van der Waals surface area contributed by atoms with Crippen molar-refractivity contribution in [1.82, 2.24) is 0 Å². The summed E-state index contributed by atoms with van der Waals surface area (Å²) in [7, 11) is 0. The van der Waals surface area contributed by atoms with E-state index in [2.05, 4.69) is 0 Å². The van der Waals surface area contributed by atoms with Crippen LogP contribution in [0.15, 0.2) is 48.5 Å². The van der Waals surface area contributed by atoms with Crippen LogP contribution in [0.5, 0.6) is 0 Å². The van der Waals surface area contributed by atoms with Gasteiger partial charge in [-0.3, -0.25) is 9.59 Å². The molecule has 2 aromatic rings. The van der Waals surface area contributed by atoms with Crippen LogP contribution in [0.4, 0.5) is 4.79 Å². The number of carbonyl (C=O) groups is 3. The van der Waals surface area contributed by atoms with Gasteiger partial charge in [0.25, 0.3) is 0 Å². The van der Waals surface area contributed by atoms with E-state index in [4.69, 9.17) is 15.0 Å². The Labute approximate surface area is 169 Å². The average Bonchev–Trinajstić information content (AvgIpc) is 2.60. The summed E-state index contributed by atoms with van der Waals surface area (Å²) in [6, 6.07) is 14.3. The quantitative estimate of drug-likeness (QED) is 0.544. The Kier molecular flexibility index (Phi) is 7.82. The van der Waals surface area contributed by atoms with Crippen molar-refractivity contribution in [1.29, 1.82) is 0 Å². The third-order valence-electron chi connectivity index (χ3n) is 3.95. The van der Waals surface area contributed by atoms with Gasteiger partial charge in [0.15, 0.2) is 11.6 Å². The van der Waals surface area contributed by atoms with Gasteiger partial charge < -0.3 is 20.4 Å².